The second kappa shape index (κ2) is 3.26. The van der Waals surface area contributed by atoms with Gasteiger partial charge in [0.05, 0.1) is 19.8 Å². The van der Waals surface area contributed by atoms with E-state index in [-0.39, 0.29) is 12.6 Å². The first-order valence-corrected chi connectivity index (χ1v) is 4.38. The summed E-state index contributed by atoms with van der Waals surface area (Å²) in [5, 5.41) is 12.2. The zero-order valence-electron chi connectivity index (χ0n) is 7.58. The Balaban J connectivity index is 2.33. The second-order valence-corrected chi connectivity index (χ2v) is 3.21. The Labute approximate surface area is 77.3 Å². The van der Waals surface area contributed by atoms with E-state index in [1.54, 1.807) is 7.11 Å². The minimum atomic E-state index is 0.145. The Morgan fingerprint density at radius 2 is 2.46 bits per heavy atom. The van der Waals surface area contributed by atoms with Crippen molar-refractivity contribution in [3.63, 3.8) is 0 Å². The maximum Gasteiger partial charge on any atom is 0.124 e. The molecule has 0 bridgehead atoms. The molecule has 0 amide bonds. The smallest absolute Gasteiger partial charge is 0.124 e. The number of aliphatic hydroxyl groups excluding tert-OH is 1. The van der Waals surface area contributed by atoms with Crippen molar-refractivity contribution in [3.8, 4) is 5.75 Å². The number of hydrogen-bond donors (Lipinski definition) is 2. The Morgan fingerprint density at radius 3 is 3.15 bits per heavy atom. The van der Waals surface area contributed by atoms with Gasteiger partial charge < -0.3 is 15.2 Å². The van der Waals surface area contributed by atoms with Gasteiger partial charge in [-0.3, -0.25) is 0 Å². The maximum absolute atomic E-state index is 9.00. The van der Waals surface area contributed by atoms with Crippen LogP contribution in [0.15, 0.2) is 18.2 Å². The third-order valence-corrected chi connectivity index (χ3v) is 2.38. The van der Waals surface area contributed by atoms with Crippen LogP contribution in [0, 0.1) is 0 Å². The van der Waals surface area contributed by atoms with Gasteiger partial charge in [0.25, 0.3) is 0 Å². The van der Waals surface area contributed by atoms with Crippen LogP contribution in [-0.2, 0) is 6.42 Å². The first kappa shape index (κ1) is 8.38. The molecule has 1 heterocycles. The van der Waals surface area contributed by atoms with Crippen LogP contribution >= 0.6 is 0 Å². The summed E-state index contributed by atoms with van der Waals surface area (Å²) in [6.45, 7) is 0.165. The van der Waals surface area contributed by atoms with Gasteiger partial charge in [-0.2, -0.15) is 0 Å². The average Bonchev–Trinajstić information content (AvgIpc) is 2.59. The van der Waals surface area contributed by atoms with E-state index in [2.05, 4.69) is 5.32 Å². The Bertz CT molecular complexity index is 312. The number of ether oxygens (including phenoxy) is 1. The number of aliphatic hydroxyl groups is 1. The molecule has 0 unspecified atom stereocenters. The van der Waals surface area contributed by atoms with Gasteiger partial charge in [-0.15, -0.1) is 0 Å². The SMILES string of the molecule is COc1cccc2c1C[C@@H](CO)N2. The van der Waals surface area contributed by atoms with E-state index in [4.69, 9.17) is 9.84 Å². The van der Waals surface area contributed by atoms with Gasteiger partial charge in [0.2, 0.25) is 0 Å². The van der Waals surface area contributed by atoms with Crippen molar-refractivity contribution < 1.29 is 9.84 Å². The van der Waals surface area contributed by atoms with Crippen molar-refractivity contribution in [2.75, 3.05) is 19.0 Å². The van der Waals surface area contributed by atoms with Gasteiger partial charge in [-0.25, -0.2) is 0 Å². The van der Waals surface area contributed by atoms with Gasteiger partial charge in [0, 0.05) is 17.7 Å². The van der Waals surface area contributed by atoms with Crippen LogP contribution in [-0.4, -0.2) is 24.9 Å². The van der Waals surface area contributed by atoms with Crippen molar-refractivity contribution in [3.05, 3.63) is 23.8 Å². The summed E-state index contributed by atoms with van der Waals surface area (Å²) in [6.07, 6.45) is 0.843. The monoisotopic (exact) mass is 179 g/mol. The predicted molar refractivity (Wildman–Crippen MR) is 51.2 cm³/mol. The molecular formula is C10H13NO2. The van der Waals surface area contributed by atoms with E-state index >= 15 is 0 Å². The molecule has 3 nitrogen and oxygen atoms in total. The van der Waals surface area contributed by atoms with Crippen molar-refractivity contribution in [2.45, 2.75) is 12.5 Å². The normalized spacial score (nSPS) is 19.4. The maximum atomic E-state index is 9.00. The number of nitrogens with one attached hydrogen (secondary N) is 1. The lowest BCUT2D eigenvalue weighted by Gasteiger charge is -2.05. The van der Waals surface area contributed by atoms with Gasteiger partial charge >= 0.3 is 0 Å². The number of rotatable bonds is 2. The number of benzene rings is 1. The van der Waals surface area contributed by atoms with Crippen molar-refractivity contribution >= 4 is 5.69 Å². The van der Waals surface area contributed by atoms with Crippen LogP contribution in [0.4, 0.5) is 5.69 Å². The molecule has 3 heteroatoms. The van der Waals surface area contributed by atoms with E-state index < -0.39 is 0 Å². The summed E-state index contributed by atoms with van der Waals surface area (Å²) in [5.41, 5.74) is 2.25. The Morgan fingerprint density at radius 1 is 1.62 bits per heavy atom. The molecule has 1 aromatic carbocycles. The number of hydrogen-bond acceptors (Lipinski definition) is 3. The van der Waals surface area contributed by atoms with Crippen LogP contribution in [0.2, 0.25) is 0 Å². The van der Waals surface area contributed by atoms with Gasteiger partial charge in [-0.1, -0.05) is 6.07 Å². The summed E-state index contributed by atoms with van der Waals surface area (Å²) in [5.74, 6) is 0.904. The molecule has 2 N–H and O–H groups in total. The Hall–Kier alpha value is -1.22. The highest BCUT2D eigenvalue weighted by atomic mass is 16.5. The van der Waals surface area contributed by atoms with E-state index in [9.17, 15) is 0 Å². The van der Waals surface area contributed by atoms with Crippen molar-refractivity contribution in [1.29, 1.82) is 0 Å². The summed E-state index contributed by atoms with van der Waals surface area (Å²) in [6, 6.07) is 6.05. The van der Waals surface area contributed by atoms with Crippen LogP contribution in [0.5, 0.6) is 5.75 Å². The standard InChI is InChI=1S/C10H13NO2/c1-13-10-4-2-3-9-8(10)5-7(6-12)11-9/h2-4,7,11-12H,5-6H2,1H3/t7-/m0/s1. The minimum Gasteiger partial charge on any atom is -0.496 e. The molecule has 1 aliphatic heterocycles. The fraction of sp³-hybridized carbons (Fsp3) is 0.400. The molecule has 1 aromatic rings. The molecule has 0 saturated carbocycles. The predicted octanol–water partition coefficient (Wildman–Crippen LogP) is 1.02. The lowest BCUT2D eigenvalue weighted by molar-refractivity contribution is 0.276. The van der Waals surface area contributed by atoms with Gasteiger partial charge in [-0.05, 0) is 12.1 Å². The fourth-order valence-electron chi connectivity index (χ4n) is 1.73. The lowest BCUT2D eigenvalue weighted by atomic mass is 10.1. The summed E-state index contributed by atoms with van der Waals surface area (Å²) < 4.78 is 5.23. The molecule has 0 spiro atoms. The van der Waals surface area contributed by atoms with Crippen LogP contribution in [0.1, 0.15) is 5.56 Å². The van der Waals surface area contributed by atoms with Crippen LogP contribution < -0.4 is 10.1 Å². The zero-order chi connectivity index (χ0) is 9.26. The van der Waals surface area contributed by atoms with E-state index in [0.717, 1.165) is 17.9 Å². The molecule has 1 aliphatic rings. The van der Waals surface area contributed by atoms with Gasteiger partial charge in [0.15, 0.2) is 0 Å². The zero-order valence-corrected chi connectivity index (χ0v) is 7.58. The first-order valence-electron chi connectivity index (χ1n) is 4.38. The fourth-order valence-corrected chi connectivity index (χ4v) is 1.73. The van der Waals surface area contributed by atoms with Crippen molar-refractivity contribution in [1.82, 2.24) is 0 Å². The van der Waals surface area contributed by atoms with Gasteiger partial charge in [0.1, 0.15) is 5.75 Å². The molecule has 0 saturated heterocycles. The average molecular weight is 179 g/mol. The highest BCUT2D eigenvalue weighted by molar-refractivity contribution is 5.62. The van der Waals surface area contributed by atoms with Crippen LogP contribution in [0.3, 0.4) is 0 Å². The number of fused-ring (bicyclic) bond motifs is 1. The molecule has 13 heavy (non-hydrogen) atoms. The quantitative estimate of drug-likeness (QED) is 0.712. The largest absolute Gasteiger partial charge is 0.496 e. The molecule has 2 rings (SSSR count). The minimum absolute atomic E-state index is 0.145. The second-order valence-electron chi connectivity index (χ2n) is 3.21. The highest BCUT2D eigenvalue weighted by Crippen LogP contribution is 2.32. The molecule has 70 valence electrons. The molecule has 1 atom stereocenters. The summed E-state index contributed by atoms with van der Waals surface area (Å²) >= 11 is 0. The number of anilines is 1. The van der Waals surface area contributed by atoms with E-state index in [1.165, 1.54) is 5.56 Å². The lowest BCUT2D eigenvalue weighted by Crippen LogP contribution is -2.19. The molecular weight excluding hydrogens is 166 g/mol. The highest BCUT2D eigenvalue weighted by Gasteiger charge is 2.22. The van der Waals surface area contributed by atoms with E-state index in [1.807, 2.05) is 18.2 Å². The van der Waals surface area contributed by atoms with Crippen molar-refractivity contribution in [2.24, 2.45) is 0 Å². The topological polar surface area (TPSA) is 41.5 Å². The Kier molecular flexibility index (Phi) is 2.10. The molecule has 0 aromatic heterocycles. The first-order chi connectivity index (χ1) is 6.35. The molecule has 0 aliphatic carbocycles. The summed E-state index contributed by atoms with van der Waals surface area (Å²) in [7, 11) is 1.67. The third kappa shape index (κ3) is 1.35. The van der Waals surface area contributed by atoms with E-state index in [0.29, 0.717) is 0 Å². The molecule has 0 fully saturated rings. The number of methoxy groups -OCH3 is 1. The molecule has 0 radical (unpaired) electrons. The summed E-state index contributed by atoms with van der Waals surface area (Å²) in [4.78, 5) is 0. The third-order valence-electron chi connectivity index (χ3n) is 2.38. The van der Waals surface area contributed by atoms with Crippen LogP contribution in [0.25, 0.3) is 0 Å².